The van der Waals surface area contributed by atoms with Gasteiger partial charge in [0.25, 0.3) is 0 Å². The number of carbonyl (C=O) groups excluding carboxylic acids is 1. The molecule has 0 saturated heterocycles. The van der Waals surface area contributed by atoms with Crippen LogP contribution in [0.4, 0.5) is 0 Å². The lowest BCUT2D eigenvalue weighted by Crippen LogP contribution is -2.32. The van der Waals surface area contributed by atoms with Crippen LogP contribution >= 0.6 is 0 Å². The summed E-state index contributed by atoms with van der Waals surface area (Å²) in [5.74, 6) is 0.452. The molecule has 2 atom stereocenters. The fourth-order valence-electron chi connectivity index (χ4n) is 1.53. The predicted octanol–water partition coefficient (Wildman–Crippen LogP) is 1.03. The number of aliphatic hydroxyl groups excluding tert-OH is 1. The molecule has 0 aliphatic carbocycles. The topological polar surface area (TPSA) is 75.3 Å². The highest BCUT2D eigenvalue weighted by Gasteiger charge is 2.08. The highest BCUT2D eigenvalue weighted by molar-refractivity contribution is 5.75. The first kappa shape index (κ1) is 15.4. The van der Waals surface area contributed by atoms with Gasteiger partial charge in [0, 0.05) is 19.0 Å². The van der Waals surface area contributed by atoms with Crippen molar-refractivity contribution in [3.8, 4) is 0 Å². The Morgan fingerprint density at radius 2 is 2.00 bits per heavy atom. The molecular formula is C12H26N2O2. The molecular weight excluding hydrogens is 204 g/mol. The van der Waals surface area contributed by atoms with E-state index in [1.165, 1.54) is 0 Å². The van der Waals surface area contributed by atoms with Crippen LogP contribution in [-0.2, 0) is 4.79 Å². The molecule has 0 rings (SSSR count). The smallest absolute Gasteiger partial charge is 0.220 e. The van der Waals surface area contributed by atoms with E-state index in [0.29, 0.717) is 18.9 Å². The number of nitrogens with one attached hydrogen (secondary N) is 1. The zero-order valence-electron chi connectivity index (χ0n) is 10.7. The summed E-state index contributed by atoms with van der Waals surface area (Å²) in [7, 11) is 0. The number of carbonyl (C=O) groups is 1. The predicted molar refractivity (Wildman–Crippen MR) is 66.0 cm³/mol. The molecule has 0 aliphatic heterocycles. The van der Waals surface area contributed by atoms with E-state index in [1.807, 2.05) is 20.8 Å². The third-order valence-electron chi connectivity index (χ3n) is 2.34. The van der Waals surface area contributed by atoms with Gasteiger partial charge in [-0.05, 0) is 32.1 Å². The molecule has 0 fully saturated rings. The Bertz CT molecular complexity index is 193. The van der Waals surface area contributed by atoms with Crippen LogP contribution < -0.4 is 11.1 Å². The maximum atomic E-state index is 11.4. The Hall–Kier alpha value is -0.610. The normalized spacial score (nSPS) is 14.9. The van der Waals surface area contributed by atoms with E-state index in [9.17, 15) is 9.90 Å². The van der Waals surface area contributed by atoms with Crippen molar-refractivity contribution < 1.29 is 9.90 Å². The van der Waals surface area contributed by atoms with Crippen molar-refractivity contribution in [1.82, 2.24) is 5.32 Å². The van der Waals surface area contributed by atoms with Gasteiger partial charge < -0.3 is 16.2 Å². The number of hydrogen-bond acceptors (Lipinski definition) is 3. The van der Waals surface area contributed by atoms with E-state index in [2.05, 4.69) is 5.32 Å². The maximum absolute atomic E-state index is 11.4. The Morgan fingerprint density at radius 1 is 1.38 bits per heavy atom. The molecule has 4 nitrogen and oxygen atoms in total. The minimum Gasteiger partial charge on any atom is -0.391 e. The number of hydrogen-bond donors (Lipinski definition) is 3. The second kappa shape index (κ2) is 8.53. The van der Waals surface area contributed by atoms with Crippen molar-refractivity contribution in [3.05, 3.63) is 0 Å². The molecule has 1 amide bonds. The van der Waals surface area contributed by atoms with E-state index in [4.69, 9.17) is 5.73 Å². The molecule has 0 aromatic heterocycles. The average Bonchev–Trinajstić information content (AvgIpc) is 2.13. The zero-order chi connectivity index (χ0) is 12.6. The standard InChI is InChI=1S/C12H26N2O2/c1-9(2)7-11(15)8-14-12(16)6-4-5-10(3)13/h9-11,15H,4-8,13H2,1-3H3,(H,14,16). The third kappa shape index (κ3) is 9.93. The molecule has 0 saturated carbocycles. The Balaban J connectivity index is 3.49. The lowest BCUT2D eigenvalue weighted by molar-refractivity contribution is -0.121. The van der Waals surface area contributed by atoms with Gasteiger partial charge in [0.1, 0.15) is 0 Å². The van der Waals surface area contributed by atoms with Crippen LogP contribution in [0.25, 0.3) is 0 Å². The van der Waals surface area contributed by atoms with Crippen LogP contribution in [0.1, 0.15) is 46.5 Å². The van der Waals surface area contributed by atoms with Crippen molar-refractivity contribution in [2.24, 2.45) is 11.7 Å². The molecule has 0 bridgehead atoms. The molecule has 0 spiro atoms. The van der Waals surface area contributed by atoms with Crippen LogP contribution in [0.2, 0.25) is 0 Å². The molecule has 0 radical (unpaired) electrons. The SMILES string of the molecule is CC(C)CC(O)CNC(=O)CCCC(C)N. The Labute approximate surface area is 98.6 Å². The minimum atomic E-state index is -0.433. The number of rotatable bonds is 8. The highest BCUT2D eigenvalue weighted by atomic mass is 16.3. The van der Waals surface area contributed by atoms with Gasteiger partial charge in [0.2, 0.25) is 5.91 Å². The minimum absolute atomic E-state index is 0.00320. The largest absolute Gasteiger partial charge is 0.391 e. The average molecular weight is 230 g/mol. The summed E-state index contributed by atoms with van der Waals surface area (Å²) in [6, 6.07) is 0.152. The van der Waals surface area contributed by atoms with Gasteiger partial charge in [0.15, 0.2) is 0 Å². The van der Waals surface area contributed by atoms with Gasteiger partial charge in [-0.2, -0.15) is 0 Å². The number of aliphatic hydroxyl groups is 1. The molecule has 4 heteroatoms. The summed E-state index contributed by atoms with van der Waals surface area (Å²) in [5, 5.41) is 12.3. The molecule has 96 valence electrons. The summed E-state index contributed by atoms with van der Waals surface area (Å²) < 4.78 is 0. The molecule has 0 aliphatic rings. The third-order valence-corrected chi connectivity index (χ3v) is 2.34. The number of amides is 1. The summed E-state index contributed by atoms with van der Waals surface area (Å²) in [6.07, 6.45) is 2.46. The monoisotopic (exact) mass is 230 g/mol. The van der Waals surface area contributed by atoms with Crippen molar-refractivity contribution in [2.45, 2.75) is 58.6 Å². The number of nitrogens with two attached hydrogens (primary N) is 1. The molecule has 0 aromatic rings. The van der Waals surface area contributed by atoms with E-state index < -0.39 is 6.10 Å². The van der Waals surface area contributed by atoms with Crippen LogP contribution in [0.5, 0.6) is 0 Å². The second-order valence-electron chi connectivity index (χ2n) is 4.96. The quantitative estimate of drug-likeness (QED) is 0.583. The Kier molecular flexibility index (Phi) is 8.21. The summed E-state index contributed by atoms with van der Waals surface area (Å²) in [4.78, 5) is 11.4. The van der Waals surface area contributed by atoms with E-state index in [0.717, 1.165) is 19.3 Å². The van der Waals surface area contributed by atoms with Gasteiger partial charge in [-0.1, -0.05) is 13.8 Å². The van der Waals surface area contributed by atoms with Crippen molar-refractivity contribution in [2.75, 3.05) is 6.54 Å². The van der Waals surface area contributed by atoms with E-state index in [1.54, 1.807) is 0 Å². The summed E-state index contributed by atoms with van der Waals surface area (Å²) in [6.45, 7) is 6.39. The highest BCUT2D eigenvalue weighted by Crippen LogP contribution is 2.03. The molecule has 4 N–H and O–H groups in total. The fraction of sp³-hybridized carbons (Fsp3) is 0.917. The first-order valence-electron chi connectivity index (χ1n) is 6.12. The summed E-state index contributed by atoms with van der Waals surface area (Å²) in [5.41, 5.74) is 5.58. The second-order valence-corrected chi connectivity index (χ2v) is 4.96. The maximum Gasteiger partial charge on any atom is 0.220 e. The van der Waals surface area contributed by atoms with Crippen LogP contribution in [-0.4, -0.2) is 29.7 Å². The van der Waals surface area contributed by atoms with Gasteiger partial charge in [0.05, 0.1) is 6.10 Å². The first-order valence-corrected chi connectivity index (χ1v) is 6.12. The molecule has 0 aromatic carbocycles. The zero-order valence-corrected chi connectivity index (χ0v) is 10.7. The van der Waals surface area contributed by atoms with E-state index in [-0.39, 0.29) is 11.9 Å². The first-order chi connectivity index (χ1) is 7.41. The van der Waals surface area contributed by atoms with Crippen LogP contribution in [0.3, 0.4) is 0 Å². The summed E-state index contributed by atoms with van der Waals surface area (Å²) >= 11 is 0. The molecule has 2 unspecified atom stereocenters. The van der Waals surface area contributed by atoms with Gasteiger partial charge in [-0.3, -0.25) is 4.79 Å². The van der Waals surface area contributed by atoms with Crippen LogP contribution in [0, 0.1) is 5.92 Å². The van der Waals surface area contributed by atoms with Gasteiger partial charge in [-0.25, -0.2) is 0 Å². The Morgan fingerprint density at radius 3 is 2.50 bits per heavy atom. The van der Waals surface area contributed by atoms with Gasteiger partial charge in [-0.15, -0.1) is 0 Å². The van der Waals surface area contributed by atoms with Crippen LogP contribution in [0.15, 0.2) is 0 Å². The van der Waals surface area contributed by atoms with Crippen molar-refractivity contribution in [1.29, 1.82) is 0 Å². The lowest BCUT2D eigenvalue weighted by Gasteiger charge is -2.13. The molecule has 0 heterocycles. The van der Waals surface area contributed by atoms with E-state index >= 15 is 0 Å². The fourth-order valence-corrected chi connectivity index (χ4v) is 1.53. The van der Waals surface area contributed by atoms with Gasteiger partial charge >= 0.3 is 0 Å². The van der Waals surface area contributed by atoms with Crippen molar-refractivity contribution >= 4 is 5.91 Å². The lowest BCUT2D eigenvalue weighted by atomic mass is 10.1. The van der Waals surface area contributed by atoms with Crippen molar-refractivity contribution in [3.63, 3.8) is 0 Å². The molecule has 16 heavy (non-hydrogen) atoms.